The Labute approximate surface area is 175 Å². The fourth-order valence-electron chi connectivity index (χ4n) is 4.00. The van der Waals surface area contributed by atoms with E-state index in [0.29, 0.717) is 30.5 Å². The van der Waals surface area contributed by atoms with Gasteiger partial charge in [0.2, 0.25) is 0 Å². The van der Waals surface area contributed by atoms with Crippen molar-refractivity contribution in [3.05, 3.63) is 54.9 Å². The van der Waals surface area contributed by atoms with Crippen LogP contribution in [0.1, 0.15) is 36.2 Å². The van der Waals surface area contributed by atoms with Crippen LogP contribution in [-0.4, -0.2) is 54.6 Å². The molecule has 3 aromatic heterocycles. The van der Waals surface area contributed by atoms with E-state index in [-0.39, 0.29) is 5.91 Å². The lowest BCUT2D eigenvalue weighted by Crippen LogP contribution is -2.42. The zero-order valence-electron chi connectivity index (χ0n) is 16.8. The van der Waals surface area contributed by atoms with E-state index in [2.05, 4.69) is 19.5 Å². The summed E-state index contributed by atoms with van der Waals surface area (Å²) in [6.45, 7) is 1.96. The maximum Gasteiger partial charge on any atom is 0.270 e. The first-order valence-corrected chi connectivity index (χ1v) is 10.6. The van der Waals surface area contributed by atoms with Crippen LogP contribution in [0.4, 0.5) is 0 Å². The number of β-amino-alcohol motifs (C(OH)–C–C–N with tert-alkyl or cyclic N) is 1. The highest BCUT2D eigenvalue weighted by Crippen LogP contribution is 2.33. The van der Waals surface area contributed by atoms with Gasteiger partial charge in [-0.3, -0.25) is 9.78 Å². The summed E-state index contributed by atoms with van der Waals surface area (Å²) < 4.78 is 2.07. The molecule has 1 saturated heterocycles. The van der Waals surface area contributed by atoms with Crippen molar-refractivity contribution in [3.8, 4) is 22.5 Å². The molecule has 7 nitrogen and oxygen atoms in total. The molecule has 0 radical (unpaired) electrons. The van der Waals surface area contributed by atoms with Crippen LogP contribution in [-0.2, 0) is 6.54 Å². The Morgan fingerprint density at radius 3 is 2.63 bits per heavy atom. The molecular formula is C23H25N5O2. The number of nitrogens with zero attached hydrogens (tertiary/aromatic N) is 5. The Morgan fingerprint density at radius 1 is 1.10 bits per heavy atom. The van der Waals surface area contributed by atoms with Crippen LogP contribution in [0.15, 0.2) is 49.2 Å². The highest BCUT2D eigenvalue weighted by atomic mass is 16.3. The molecule has 1 N–H and O–H groups in total. The molecule has 3 aromatic rings. The molecule has 154 valence electrons. The summed E-state index contributed by atoms with van der Waals surface area (Å²) in [6.07, 6.45) is 12.7. The lowest BCUT2D eigenvalue weighted by Gasteiger charge is -2.30. The molecule has 0 aromatic carbocycles. The van der Waals surface area contributed by atoms with Crippen LogP contribution >= 0.6 is 0 Å². The van der Waals surface area contributed by atoms with Crippen molar-refractivity contribution in [1.29, 1.82) is 0 Å². The molecule has 30 heavy (non-hydrogen) atoms. The van der Waals surface area contributed by atoms with Crippen LogP contribution in [0.25, 0.3) is 22.5 Å². The number of likely N-dealkylation sites (tertiary alicyclic amines) is 1. The van der Waals surface area contributed by atoms with Gasteiger partial charge in [0.05, 0.1) is 6.10 Å². The first-order valence-electron chi connectivity index (χ1n) is 10.6. The number of carbonyl (C=O) groups is 1. The molecule has 1 aliphatic carbocycles. The zero-order chi connectivity index (χ0) is 20.5. The average molecular weight is 403 g/mol. The van der Waals surface area contributed by atoms with Crippen LogP contribution in [0.5, 0.6) is 0 Å². The first kappa shape index (κ1) is 18.9. The van der Waals surface area contributed by atoms with E-state index in [9.17, 15) is 9.90 Å². The van der Waals surface area contributed by atoms with Gasteiger partial charge in [0.15, 0.2) is 5.82 Å². The fraction of sp³-hybridized carbons (Fsp3) is 0.391. The minimum Gasteiger partial charge on any atom is -0.391 e. The quantitative estimate of drug-likeness (QED) is 0.708. The molecule has 1 saturated carbocycles. The Kier molecular flexibility index (Phi) is 5.04. The van der Waals surface area contributed by atoms with Gasteiger partial charge >= 0.3 is 0 Å². The lowest BCUT2D eigenvalue weighted by atomic mass is 10.1. The maximum absolute atomic E-state index is 13.2. The maximum atomic E-state index is 13.2. The molecule has 1 unspecified atom stereocenters. The number of amides is 1. The van der Waals surface area contributed by atoms with Gasteiger partial charge < -0.3 is 14.6 Å². The third kappa shape index (κ3) is 3.98. The Morgan fingerprint density at radius 2 is 1.93 bits per heavy atom. The predicted molar refractivity (Wildman–Crippen MR) is 113 cm³/mol. The van der Waals surface area contributed by atoms with Crippen molar-refractivity contribution in [2.24, 2.45) is 5.92 Å². The number of hydrogen-bond donors (Lipinski definition) is 1. The number of rotatable bonds is 5. The Balaban J connectivity index is 1.43. The summed E-state index contributed by atoms with van der Waals surface area (Å²) in [5.41, 5.74) is 3.37. The van der Waals surface area contributed by atoms with Gasteiger partial charge in [0, 0.05) is 67.3 Å². The second-order valence-electron chi connectivity index (χ2n) is 8.29. The number of aromatic nitrogens is 4. The molecule has 1 aliphatic heterocycles. The topological polar surface area (TPSA) is 84.1 Å². The van der Waals surface area contributed by atoms with Gasteiger partial charge in [0.25, 0.3) is 5.91 Å². The van der Waals surface area contributed by atoms with Crippen molar-refractivity contribution in [2.75, 3.05) is 13.1 Å². The van der Waals surface area contributed by atoms with Gasteiger partial charge in [-0.15, -0.1) is 0 Å². The summed E-state index contributed by atoms with van der Waals surface area (Å²) in [7, 11) is 0. The van der Waals surface area contributed by atoms with Crippen LogP contribution < -0.4 is 0 Å². The van der Waals surface area contributed by atoms with Crippen molar-refractivity contribution >= 4 is 5.91 Å². The van der Waals surface area contributed by atoms with E-state index in [4.69, 9.17) is 0 Å². The van der Waals surface area contributed by atoms with E-state index >= 15 is 0 Å². The molecular weight excluding hydrogens is 378 g/mol. The van der Waals surface area contributed by atoms with Gasteiger partial charge in [-0.25, -0.2) is 9.97 Å². The second kappa shape index (κ2) is 7.99. The van der Waals surface area contributed by atoms with Crippen LogP contribution in [0.3, 0.4) is 0 Å². The summed E-state index contributed by atoms with van der Waals surface area (Å²) in [5, 5.41) is 9.98. The van der Waals surface area contributed by atoms with Gasteiger partial charge in [-0.2, -0.15) is 0 Å². The van der Waals surface area contributed by atoms with Gasteiger partial charge in [0.1, 0.15) is 5.69 Å². The Hall–Kier alpha value is -3.06. The zero-order valence-corrected chi connectivity index (χ0v) is 16.8. The van der Waals surface area contributed by atoms with E-state index in [1.807, 2.05) is 24.4 Å². The van der Waals surface area contributed by atoms with Gasteiger partial charge in [-0.05, 0) is 49.8 Å². The van der Waals surface area contributed by atoms with E-state index < -0.39 is 6.10 Å². The standard InChI is InChI=1S/C23H25N5O2/c29-20-4-2-8-27(15-20)23(30)21-9-18(14-28(21)13-16-5-6-16)19-11-25-22(26-12-19)17-3-1-7-24-10-17/h1,3,7,9-12,14,16,20,29H,2,4-6,8,13,15H2. The number of carbonyl (C=O) groups excluding carboxylic acids is 1. The summed E-state index contributed by atoms with van der Waals surface area (Å²) in [5.74, 6) is 1.27. The van der Waals surface area contributed by atoms with Crippen molar-refractivity contribution < 1.29 is 9.90 Å². The summed E-state index contributed by atoms with van der Waals surface area (Å²) >= 11 is 0. The molecule has 5 rings (SSSR count). The number of aliphatic hydroxyl groups excluding tert-OH is 1. The minimum atomic E-state index is -0.428. The van der Waals surface area contributed by atoms with Crippen LogP contribution in [0, 0.1) is 5.92 Å². The highest BCUT2D eigenvalue weighted by Gasteiger charge is 2.28. The first-order chi connectivity index (χ1) is 14.7. The number of aliphatic hydroxyl groups is 1. The Bertz CT molecular complexity index is 1030. The SMILES string of the molecule is O=C(c1cc(-c2cnc(-c3cccnc3)nc2)cn1CC1CC1)N1CCCC(O)C1. The third-order valence-electron chi connectivity index (χ3n) is 5.86. The molecule has 1 atom stereocenters. The number of hydrogen-bond acceptors (Lipinski definition) is 5. The van der Waals surface area contributed by atoms with Crippen LogP contribution in [0.2, 0.25) is 0 Å². The summed E-state index contributed by atoms with van der Waals surface area (Å²) in [4.78, 5) is 28.1. The average Bonchev–Trinajstić information content (AvgIpc) is 3.51. The monoisotopic (exact) mass is 403 g/mol. The molecule has 1 amide bonds. The summed E-state index contributed by atoms with van der Waals surface area (Å²) in [6, 6.07) is 5.73. The smallest absolute Gasteiger partial charge is 0.270 e. The lowest BCUT2D eigenvalue weighted by molar-refractivity contribution is 0.0464. The van der Waals surface area contributed by atoms with Crippen molar-refractivity contribution in [2.45, 2.75) is 38.3 Å². The molecule has 0 bridgehead atoms. The molecule has 4 heterocycles. The molecule has 2 fully saturated rings. The molecule has 0 spiro atoms. The third-order valence-corrected chi connectivity index (χ3v) is 5.86. The molecule has 7 heteroatoms. The second-order valence-corrected chi connectivity index (χ2v) is 8.29. The van der Waals surface area contributed by atoms with Gasteiger partial charge in [-0.1, -0.05) is 0 Å². The normalized spacial score (nSPS) is 19.1. The van der Waals surface area contributed by atoms with E-state index in [1.54, 1.807) is 29.7 Å². The van der Waals surface area contributed by atoms with Crippen molar-refractivity contribution in [3.63, 3.8) is 0 Å². The fourth-order valence-corrected chi connectivity index (χ4v) is 4.00. The largest absolute Gasteiger partial charge is 0.391 e. The predicted octanol–water partition coefficient (Wildman–Crippen LogP) is 3.01. The molecule has 2 aliphatic rings. The number of pyridine rings is 1. The number of piperidine rings is 1. The minimum absolute atomic E-state index is 0.00597. The van der Waals surface area contributed by atoms with E-state index in [1.165, 1.54) is 12.8 Å². The highest BCUT2D eigenvalue weighted by molar-refractivity contribution is 5.94. The van der Waals surface area contributed by atoms with E-state index in [0.717, 1.165) is 36.1 Å². The van der Waals surface area contributed by atoms with Crippen molar-refractivity contribution in [1.82, 2.24) is 24.4 Å².